The molecule has 0 radical (unpaired) electrons. The van der Waals surface area contributed by atoms with Crippen LogP contribution in [0.4, 0.5) is 0 Å². The second-order valence-corrected chi connectivity index (χ2v) is 17.7. The number of rotatable bonds is 7. The summed E-state index contributed by atoms with van der Waals surface area (Å²) >= 11 is 0. The van der Waals surface area contributed by atoms with Crippen LogP contribution in [0.2, 0.25) is 0 Å². The van der Waals surface area contributed by atoms with Crippen LogP contribution in [0.1, 0.15) is 126 Å². The smallest absolute Gasteiger partial charge is 0.343 e. The van der Waals surface area contributed by atoms with Crippen LogP contribution in [-0.2, 0) is 34.7 Å². The van der Waals surface area contributed by atoms with Gasteiger partial charge in [-0.05, 0) is 148 Å². The molecule has 3 saturated carbocycles. The van der Waals surface area contributed by atoms with Crippen molar-refractivity contribution >= 4 is 16.9 Å². The normalized spacial score (nSPS) is 34.1. The number of hydrogen-bond acceptors (Lipinski definition) is 6. The third kappa shape index (κ3) is 5.07. The third-order valence-corrected chi connectivity index (χ3v) is 15.3. The third-order valence-electron chi connectivity index (χ3n) is 15.3. The number of aliphatic hydroxyl groups is 2. The first-order valence-electron chi connectivity index (χ1n) is 20.0. The Kier molecular flexibility index (Phi) is 7.98. The van der Waals surface area contributed by atoms with E-state index in [0.29, 0.717) is 46.3 Å². The molecule has 3 fully saturated rings. The van der Waals surface area contributed by atoms with Gasteiger partial charge in [0.05, 0.1) is 35.1 Å². The number of carbonyl (C=O) groups is 1. The zero-order valence-electron chi connectivity index (χ0n) is 30.7. The molecule has 3 unspecified atom stereocenters. The zero-order valence-corrected chi connectivity index (χ0v) is 30.7. The van der Waals surface area contributed by atoms with Crippen molar-refractivity contribution in [2.24, 2.45) is 34.5 Å². The van der Waals surface area contributed by atoms with Crippen LogP contribution in [-0.4, -0.2) is 31.8 Å². The number of carbonyl (C=O) groups excluding carboxylic acids is 1. The van der Waals surface area contributed by atoms with Crippen molar-refractivity contribution in [2.75, 3.05) is 0 Å². The summed E-state index contributed by atoms with van der Waals surface area (Å²) in [5, 5.41) is 23.4. The number of cyclic esters (lactones) is 1. The number of pyridine rings is 2. The molecule has 2 aromatic heterocycles. The van der Waals surface area contributed by atoms with Crippen molar-refractivity contribution in [3.63, 3.8) is 0 Å². The lowest BCUT2D eigenvalue weighted by molar-refractivity contribution is -0.172. The van der Waals surface area contributed by atoms with E-state index in [1.165, 1.54) is 57.8 Å². The minimum atomic E-state index is -1.84. The Bertz CT molecular complexity index is 2010. The molecule has 7 nitrogen and oxygen atoms in total. The fraction of sp³-hybridized carbons (Fsp3) is 0.614. The maximum atomic E-state index is 13.5. The molecule has 270 valence electrons. The first kappa shape index (κ1) is 33.5. The average molecular weight is 691 g/mol. The van der Waals surface area contributed by atoms with Crippen molar-refractivity contribution in [1.29, 1.82) is 0 Å². The Balaban J connectivity index is 0.886. The van der Waals surface area contributed by atoms with Crippen LogP contribution in [0.3, 0.4) is 0 Å². The minimum Gasteiger partial charge on any atom is -0.458 e. The van der Waals surface area contributed by atoms with Crippen molar-refractivity contribution in [2.45, 2.75) is 136 Å². The largest absolute Gasteiger partial charge is 0.458 e. The lowest BCUT2D eigenvalue weighted by Gasteiger charge is -2.60. The summed E-state index contributed by atoms with van der Waals surface area (Å²) in [4.78, 5) is 31.0. The van der Waals surface area contributed by atoms with Gasteiger partial charge >= 0.3 is 5.97 Å². The molecule has 51 heavy (non-hydrogen) atoms. The summed E-state index contributed by atoms with van der Waals surface area (Å²) < 4.78 is 6.88. The van der Waals surface area contributed by atoms with E-state index in [9.17, 15) is 19.8 Å². The number of ether oxygens (including phenoxy) is 1. The standard InChI is InChI=1S/C44H54N2O5/c1-4-44(50)36-23-38-39-28(24-46(38)40(48)33(36)25-51-41(44)49)22-27-20-26(13-16-37(27)45-39)21-31(47)11-6-10-29-8-5-9-30-14-15-32-34-12-7-18-42(34,2)19-17-35(32)43(29,30)3/h8,13,16,20,22-23,30-32,34-35,47,50H,4-7,9-12,14-15,17-19,21,24-25H2,1-3H3/t30?,31?,32-,34-,35-,42-,43-,44?/m0/s1. The molecule has 6 aliphatic rings. The van der Waals surface area contributed by atoms with Crippen molar-refractivity contribution in [3.8, 4) is 11.4 Å². The fourth-order valence-electron chi connectivity index (χ4n) is 12.5. The highest BCUT2D eigenvalue weighted by Gasteiger charge is 2.58. The number of allylic oxidation sites excluding steroid dienone is 2. The summed E-state index contributed by atoms with van der Waals surface area (Å²) in [5.41, 5.74) is 5.39. The van der Waals surface area contributed by atoms with Gasteiger partial charge < -0.3 is 19.5 Å². The summed E-state index contributed by atoms with van der Waals surface area (Å²) in [5.74, 6) is 2.80. The fourth-order valence-corrected chi connectivity index (χ4v) is 12.5. The molecule has 8 atom stereocenters. The minimum absolute atomic E-state index is 0.118. The first-order chi connectivity index (χ1) is 24.5. The van der Waals surface area contributed by atoms with Crippen LogP contribution in [0, 0.1) is 34.5 Å². The molecule has 2 aliphatic heterocycles. The predicted molar refractivity (Wildman–Crippen MR) is 198 cm³/mol. The van der Waals surface area contributed by atoms with Crippen LogP contribution in [0.15, 0.2) is 46.8 Å². The van der Waals surface area contributed by atoms with Crippen LogP contribution < -0.4 is 5.56 Å². The van der Waals surface area contributed by atoms with E-state index in [0.717, 1.165) is 65.0 Å². The van der Waals surface area contributed by atoms with Gasteiger partial charge in [0.25, 0.3) is 5.56 Å². The predicted octanol–water partition coefficient (Wildman–Crippen LogP) is 8.12. The van der Waals surface area contributed by atoms with Crippen LogP contribution >= 0.6 is 0 Å². The molecule has 4 aliphatic carbocycles. The van der Waals surface area contributed by atoms with Gasteiger partial charge in [-0.3, -0.25) is 4.79 Å². The monoisotopic (exact) mass is 690 g/mol. The SMILES string of the molecule is CCC1(O)C(=O)OCc2c1cc1n(c2=O)Cc2cc3cc(CC(O)CCCC4=CCCC5CC[C@H]6[C@@H]7CCC[C@@]7(C)CC[C@@H]6[C@@]45C)ccc3nc2-1. The Morgan fingerprint density at radius 3 is 2.75 bits per heavy atom. The molecular weight excluding hydrogens is 636 g/mol. The van der Waals surface area contributed by atoms with Gasteiger partial charge in [0.1, 0.15) is 6.61 Å². The summed E-state index contributed by atoms with van der Waals surface area (Å²) in [6.07, 6.45) is 18.5. The highest BCUT2D eigenvalue weighted by Crippen LogP contribution is 2.67. The highest BCUT2D eigenvalue weighted by molar-refractivity contribution is 5.86. The Labute approximate surface area is 301 Å². The Morgan fingerprint density at radius 2 is 1.90 bits per heavy atom. The van der Waals surface area contributed by atoms with Gasteiger partial charge in [-0.15, -0.1) is 0 Å². The van der Waals surface area contributed by atoms with Crippen molar-refractivity contribution < 1.29 is 19.7 Å². The molecule has 0 amide bonds. The summed E-state index contributed by atoms with van der Waals surface area (Å²) in [6.45, 7) is 7.21. The molecule has 7 heteroatoms. The molecule has 9 rings (SSSR count). The number of nitrogens with zero attached hydrogens (tertiary/aromatic N) is 2. The van der Waals surface area contributed by atoms with Crippen LogP contribution in [0.5, 0.6) is 0 Å². The Hall–Kier alpha value is -3.29. The number of hydrogen-bond donors (Lipinski definition) is 2. The van der Waals surface area contributed by atoms with E-state index in [-0.39, 0.29) is 18.6 Å². The number of aliphatic hydroxyl groups excluding tert-OH is 1. The average Bonchev–Trinajstić information content (AvgIpc) is 3.69. The second-order valence-electron chi connectivity index (χ2n) is 17.7. The molecule has 1 aromatic carbocycles. The van der Waals surface area contributed by atoms with Gasteiger partial charge in [-0.1, -0.05) is 44.9 Å². The maximum absolute atomic E-state index is 13.5. The topological polar surface area (TPSA) is 102 Å². The number of fused-ring (bicyclic) bond motifs is 10. The first-order valence-corrected chi connectivity index (χ1v) is 20.0. The molecule has 0 spiro atoms. The van der Waals surface area contributed by atoms with Crippen molar-refractivity contribution in [3.05, 3.63) is 74.6 Å². The number of benzene rings is 1. The van der Waals surface area contributed by atoms with E-state index in [4.69, 9.17) is 9.72 Å². The van der Waals surface area contributed by atoms with Gasteiger partial charge in [0, 0.05) is 16.5 Å². The van der Waals surface area contributed by atoms with E-state index in [2.05, 4.69) is 38.1 Å². The van der Waals surface area contributed by atoms with Gasteiger partial charge in [0.15, 0.2) is 5.60 Å². The summed E-state index contributed by atoms with van der Waals surface area (Å²) in [6, 6.07) is 10.0. The maximum Gasteiger partial charge on any atom is 0.343 e. The van der Waals surface area contributed by atoms with Gasteiger partial charge in [0.2, 0.25) is 0 Å². The van der Waals surface area contributed by atoms with Crippen LogP contribution in [0.25, 0.3) is 22.3 Å². The van der Waals surface area contributed by atoms with E-state index < -0.39 is 17.7 Å². The quantitative estimate of drug-likeness (QED) is 0.150. The second kappa shape index (κ2) is 12.1. The molecule has 4 heterocycles. The number of esters is 1. The van der Waals surface area contributed by atoms with E-state index in [1.54, 1.807) is 23.1 Å². The number of aromatic nitrogens is 2. The lowest BCUT2D eigenvalue weighted by atomic mass is 9.44. The lowest BCUT2D eigenvalue weighted by Crippen LogP contribution is -2.52. The molecule has 0 saturated heterocycles. The molecule has 2 N–H and O–H groups in total. The van der Waals surface area contributed by atoms with E-state index in [1.807, 2.05) is 6.07 Å². The molecule has 3 aromatic rings. The molecule has 0 bridgehead atoms. The molecular formula is C44H54N2O5. The van der Waals surface area contributed by atoms with Crippen molar-refractivity contribution in [1.82, 2.24) is 9.55 Å². The highest BCUT2D eigenvalue weighted by atomic mass is 16.6. The summed E-state index contributed by atoms with van der Waals surface area (Å²) in [7, 11) is 0. The van der Waals surface area contributed by atoms with E-state index >= 15 is 0 Å². The van der Waals surface area contributed by atoms with Gasteiger partial charge in [-0.2, -0.15) is 0 Å². The van der Waals surface area contributed by atoms with Gasteiger partial charge in [-0.25, -0.2) is 9.78 Å². The Morgan fingerprint density at radius 1 is 1.04 bits per heavy atom. The zero-order chi connectivity index (χ0) is 35.3.